The molecule has 120 valence electrons. The summed E-state index contributed by atoms with van der Waals surface area (Å²) in [7, 11) is 0. The number of carbonyl (C=O) groups excluding carboxylic acids is 2. The van der Waals surface area contributed by atoms with E-state index in [0.29, 0.717) is 21.7 Å². The van der Waals surface area contributed by atoms with Gasteiger partial charge in [0.2, 0.25) is 0 Å². The largest absolute Gasteiger partial charge is 0.459 e. The van der Waals surface area contributed by atoms with Gasteiger partial charge in [-0.2, -0.15) is 0 Å². The molecule has 1 saturated carbocycles. The number of carbonyl (C=O) groups is 2. The van der Waals surface area contributed by atoms with E-state index in [9.17, 15) is 9.59 Å². The van der Waals surface area contributed by atoms with Crippen LogP contribution in [0, 0.1) is 11.8 Å². The number of nitrogens with zero attached hydrogens (tertiary/aromatic N) is 1. The molecule has 23 heavy (non-hydrogen) atoms. The van der Waals surface area contributed by atoms with Gasteiger partial charge in [0.1, 0.15) is 0 Å². The molecule has 4 rings (SSSR count). The standard InChI is InChI=1S/C17H18N2O3S/c20-16(13-5-2-8-22-13)18-15-7-6-14(23-15)17(21)19-9-11-3-1-4-12(11)10-19/h2,5-8,11-12H,1,3-4,9-10H2,(H,18,20)/t11-,12-/m0/s1. The van der Waals surface area contributed by atoms with Gasteiger partial charge in [-0.25, -0.2) is 0 Å². The quantitative estimate of drug-likeness (QED) is 0.937. The maximum atomic E-state index is 12.6. The van der Waals surface area contributed by atoms with Crippen molar-refractivity contribution in [2.75, 3.05) is 18.4 Å². The van der Waals surface area contributed by atoms with E-state index in [1.165, 1.54) is 36.9 Å². The molecule has 1 aliphatic heterocycles. The van der Waals surface area contributed by atoms with E-state index in [4.69, 9.17) is 4.42 Å². The second-order valence-electron chi connectivity index (χ2n) is 6.26. The van der Waals surface area contributed by atoms with E-state index in [1.54, 1.807) is 24.3 Å². The zero-order valence-corrected chi connectivity index (χ0v) is 13.5. The van der Waals surface area contributed by atoms with Gasteiger partial charge in [-0.05, 0) is 48.9 Å². The fourth-order valence-corrected chi connectivity index (χ4v) is 4.53. The van der Waals surface area contributed by atoms with Crippen LogP contribution in [0.4, 0.5) is 5.00 Å². The molecule has 2 aromatic heterocycles. The molecule has 2 aromatic rings. The Morgan fingerprint density at radius 3 is 2.65 bits per heavy atom. The lowest BCUT2D eigenvalue weighted by Crippen LogP contribution is -2.28. The van der Waals surface area contributed by atoms with E-state index >= 15 is 0 Å². The lowest BCUT2D eigenvalue weighted by atomic mass is 10.0. The molecule has 0 unspecified atom stereocenters. The van der Waals surface area contributed by atoms with E-state index < -0.39 is 0 Å². The van der Waals surface area contributed by atoms with Crippen molar-refractivity contribution in [3.63, 3.8) is 0 Å². The highest BCUT2D eigenvalue weighted by molar-refractivity contribution is 7.18. The van der Waals surface area contributed by atoms with Gasteiger partial charge in [0.25, 0.3) is 11.8 Å². The van der Waals surface area contributed by atoms with Gasteiger partial charge in [0.05, 0.1) is 16.1 Å². The van der Waals surface area contributed by atoms with Gasteiger partial charge in [-0.15, -0.1) is 11.3 Å². The average molecular weight is 330 g/mol. The van der Waals surface area contributed by atoms with Crippen LogP contribution in [0.3, 0.4) is 0 Å². The Kier molecular flexibility index (Phi) is 3.69. The molecule has 6 heteroatoms. The monoisotopic (exact) mass is 330 g/mol. The molecule has 1 saturated heterocycles. The van der Waals surface area contributed by atoms with Crippen molar-refractivity contribution in [1.29, 1.82) is 0 Å². The smallest absolute Gasteiger partial charge is 0.291 e. The summed E-state index contributed by atoms with van der Waals surface area (Å²) < 4.78 is 5.06. The van der Waals surface area contributed by atoms with Crippen LogP contribution < -0.4 is 5.32 Å². The lowest BCUT2D eigenvalue weighted by Gasteiger charge is -2.16. The summed E-state index contributed by atoms with van der Waals surface area (Å²) in [6.07, 6.45) is 5.27. The number of hydrogen-bond acceptors (Lipinski definition) is 4. The maximum Gasteiger partial charge on any atom is 0.291 e. The van der Waals surface area contributed by atoms with Gasteiger partial charge < -0.3 is 14.6 Å². The Hall–Kier alpha value is -2.08. The van der Waals surface area contributed by atoms with Gasteiger partial charge >= 0.3 is 0 Å². The molecular weight excluding hydrogens is 312 g/mol. The number of thiophene rings is 1. The maximum absolute atomic E-state index is 12.6. The molecule has 5 nitrogen and oxygen atoms in total. The third-order valence-electron chi connectivity index (χ3n) is 4.81. The third kappa shape index (κ3) is 2.79. The van der Waals surface area contributed by atoms with Gasteiger partial charge in [0, 0.05) is 13.1 Å². The predicted octanol–water partition coefficient (Wildman–Crippen LogP) is 3.47. The van der Waals surface area contributed by atoms with Crippen LogP contribution in [0.15, 0.2) is 34.9 Å². The average Bonchev–Trinajstić information content (AvgIpc) is 3.29. The highest BCUT2D eigenvalue weighted by Crippen LogP contribution is 2.38. The van der Waals surface area contributed by atoms with Crippen molar-refractivity contribution in [3.8, 4) is 0 Å². The summed E-state index contributed by atoms with van der Waals surface area (Å²) in [5.74, 6) is 1.43. The number of hydrogen-bond donors (Lipinski definition) is 1. The van der Waals surface area contributed by atoms with Gasteiger partial charge in [0.15, 0.2) is 5.76 Å². The first kappa shape index (κ1) is 14.5. The fourth-order valence-electron chi connectivity index (χ4n) is 3.66. The summed E-state index contributed by atoms with van der Waals surface area (Å²) in [4.78, 5) is 27.2. The Bertz CT molecular complexity index is 710. The van der Waals surface area contributed by atoms with Crippen LogP contribution in [-0.4, -0.2) is 29.8 Å². The number of furan rings is 1. The zero-order valence-electron chi connectivity index (χ0n) is 12.7. The van der Waals surface area contributed by atoms with Crippen LogP contribution in [0.25, 0.3) is 0 Å². The van der Waals surface area contributed by atoms with Crippen molar-refractivity contribution in [1.82, 2.24) is 4.90 Å². The topological polar surface area (TPSA) is 62.6 Å². The summed E-state index contributed by atoms with van der Waals surface area (Å²) in [5.41, 5.74) is 0. The molecule has 2 amide bonds. The number of amides is 2. The number of anilines is 1. The minimum absolute atomic E-state index is 0.0860. The van der Waals surface area contributed by atoms with Crippen molar-refractivity contribution in [2.24, 2.45) is 11.8 Å². The highest BCUT2D eigenvalue weighted by Gasteiger charge is 2.38. The van der Waals surface area contributed by atoms with Crippen molar-refractivity contribution in [2.45, 2.75) is 19.3 Å². The second-order valence-corrected chi connectivity index (χ2v) is 7.34. The fraction of sp³-hybridized carbons (Fsp3) is 0.412. The second kappa shape index (κ2) is 5.85. The summed E-state index contributed by atoms with van der Waals surface area (Å²) in [6.45, 7) is 1.77. The molecule has 0 radical (unpaired) electrons. The minimum Gasteiger partial charge on any atom is -0.459 e. The Morgan fingerprint density at radius 2 is 1.96 bits per heavy atom. The van der Waals surface area contributed by atoms with Crippen molar-refractivity contribution < 1.29 is 14.0 Å². The van der Waals surface area contributed by atoms with E-state index in [-0.39, 0.29) is 17.6 Å². The zero-order chi connectivity index (χ0) is 15.8. The van der Waals surface area contributed by atoms with Crippen LogP contribution in [0.5, 0.6) is 0 Å². The van der Waals surface area contributed by atoms with Crippen molar-refractivity contribution >= 4 is 28.2 Å². The summed E-state index contributed by atoms with van der Waals surface area (Å²) >= 11 is 1.32. The molecular formula is C17H18N2O3S. The molecule has 1 N–H and O–H groups in total. The van der Waals surface area contributed by atoms with Gasteiger partial charge in [-0.3, -0.25) is 9.59 Å². The third-order valence-corrected chi connectivity index (χ3v) is 5.80. The first-order valence-corrected chi connectivity index (χ1v) is 8.76. The predicted molar refractivity (Wildman–Crippen MR) is 87.7 cm³/mol. The Morgan fingerprint density at radius 1 is 1.17 bits per heavy atom. The number of rotatable bonds is 3. The molecule has 2 aliphatic rings. The molecule has 0 spiro atoms. The summed E-state index contributed by atoms with van der Waals surface area (Å²) in [6, 6.07) is 6.84. The molecule has 0 bridgehead atoms. The molecule has 1 aliphatic carbocycles. The lowest BCUT2D eigenvalue weighted by molar-refractivity contribution is 0.0785. The van der Waals surface area contributed by atoms with Crippen molar-refractivity contribution in [3.05, 3.63) is 41.2 Å². The van der Waals surface area contributed by atoms with Crippen LogP contribution in [0.1, 0.15) is 39.5 Å². The highest BCUT2D eigenvalue weighted by atomic mass is 32.1. The van der Waals surface area contributed by atoms with Crippen LogP contribution in [-0.2, 0) is 0 Å². The number of nitrogens with one attached hydrogen (secondary N) is 1. The first-order valence-electron chi connectivity index (χ1n) is 7.94. The van der Waals surface area contributed by atoms with E-state index in [1.807, 2.05) is 4.90 Å². The number of fused-ring (bicyclic) bond motifs is 1. The number of likely N-dealkylation sites (tertiary alicyclic amines) is 1. The molecule has 2 fully saturated rings. The molecule has 3 heterocycles. The molecule has 0 aromatic carbocycles. The minimum atomic E-state index is -0.299. The van der Waals surface area contributed by atoms with E-state index in [0.717, 1.165) is 13.1 Å². The Balaban J connectivity index is 1.41. The van der Waals surface area contributed by atoms with E-state index in [2.05, 4.69) is 5.32 Å². The summed E-state index contributed by atoms with van der Waals surface area (Å²) in [5, 5.41) is 3.43. The SMILES string of the molecule is O=C(Nc1ccc(C(=O)N2C[C@@H]3CCC[C@H]3C2)s1)c1ccco1. The van der Waals surface area contributed by atoms with Gasteiger partial charge in [-0.1, -0.05) is 6.42 Å². The normalized spacial score (nSPS) is 23.0. The Labute approximate surface area is 138 Å². The molecule has 2 atom stereocenters. The van der Waals surface area contributed by atoms with Crippen LogP contribution in [0.2, 0.25) is 0 Å². The first-order chi connectivity index (χ1) is 11.2. The van der Waals surface area contributed by atoms with Crippen LogP contribution >= 0.6 is 11.3 Å².